The molecule has 0 spiro atoms. The van der Waals surface area contributed by atoms with Gasteiger partial charge in [0.15, 0.2) is 0 Å². The molecule has 2 nitrogen and oxygen atoms in total. The van der Waals surface area contributed by atoms with Gasteiger partial charge in [0, 0.05) is 11.1 Å². The molecule has 0 unspecified atom stereocenters. The van der Waals surface area contributed by atoms with Gasteiger partial charge in [-0.1, -0.05) is 20.8 Å². The van der Waals surface area contributed by atoms with Crippen molar-refractivity contribution in [3.8, 4) is 5.75 Å². The van der Waals surface area contributed by atoms with E-state index in [0.717, 1.165) is 17.6 Å². The predicted octanol–water partition coefficient (Wildman–Crippen LogP) is 3.20. The SMILES string of the molecule is CCOc1ccc(C=O)cc1C(C)(C)C. The molecular weight excluding hydrogens is 188 g/mol. The summed E-state index contributed by atoms with van der Waals surface area (Å²) < 4.78 is 5.55. The van der Waals surface area contributed by atoms with Gasteiger partial charge in [-0.15, -0.1) is 0 Å². The maximum Gasteiger partial charge on any atom is 0.150 e. The van der Waals surface area contributed by atoms with Gasteiger partial charge >= 0.3 is 0 Å². The Bertz CT molecular complexity index is 348. The number of carbonyl (C=O) groups is 1. The fraction of sp³-hybridized carbons (Fsp3) is 0.462. The molecule has 1 aromatic carbocycles. The summed E-state index contributed by atoms with van der Waals surface area (Å²) in [6.07, 6.45) is 0.866. The average Bonchev–Trinajstić information content (AvgIpc) is 2.17. The summed E-state index contributed by atoms with van der Waals surface area (Å²) in [6.45, 7) is 8.93. The van der Waals surface area contributed by atoms with Crippen LogP contribution >= 0.6 is 0 Å². The molecule has 0 N–H and O–H groups in total. The van der Waals surface area contributed by atoms with E-state index >= 15 is 0 Å². The highest BCUT2D eigenvalue weighted by Crippen LogP contribution is 2.31. The smallest absolute Gasteiger partial charge is 0.150 e. The van der Waals surface area contributed by atoms with E-state index in [1.54, 1.807) is 6.07 Å². The van der Waals surface area contributed by atoms with Gasteiger partial charge in [0.25, 0.3) is 0 Å². The highest BCUT2D eigenvalue weighted by Gasteiger charge is 2.19. The average molecular weight is 206 g/mol. The van der Waals surface area contributed by atoms with Crippen LogP contribution in [0.2, 0.25) is 0 Å². The van der Waals surface area contributed by atoms with E-state index in [1.807, 2.05) is 19.1 Å². The lowest BCUT2D eigenvalue weighted by Gasteiger charge is -2.22. The van der Waals surface area contributed by atoms with Gasteiger partial charge in [0.2, 0.25) is 0 Å². The molecule has 0 aliphatic heterocycles. The first-order chi connectivity index (χ1) is 6.99. The zero-order valence-electron chi connectivity index (χ0n) is 9.83. The summed E-state index contributed by atoms with van der Waals surface area (Å²) in [5.74, 6) is 0.871. The molecule has 15 heavy (non-hydrogen) atoms. The Morgan fingerprint density at radius 3 is 2.47 bits per heavy atom. The zero-order chi connectivity index (χ0) is 11.5. The lowest BCUT2D eigenvalue weighted by molar-refractivity contribution is 0.112. The highest BCUT2D eigenvalue weighted by atomic mass is 16.5. The second-order valence-electron chi connectivity index (χ2n) is 4.56. The standard InChI is InChI=1S/C13H18O2/c1-5-15-12-7-6-10(9-14)8-11(12)13(2,3)4/h6-9H,5H2,1-4H3. The number of hydrogen-bond donors (Lipinski definition) is 0. The van der Waals surface area contributed by atoms with E-state index in [2.05, 4.69) is 20.8 Å². The van der Waals surface area contributed by atoms with Gasteiger partial charge < -0.3 is 4.74 Å². The molecule has 2 heteroatoms. The minimum Gasteiger partial charge on any atom is -0.494 e. The molecule has 1 rings (SSSR count). The van der Waals surface area contributed by atoms with Crippen molar-refractivity contribution in [2.24, 2.45) is 0 Å². The fourth-order valence-corrected chi connectivity index (χ4v) is 1.49. The minimum atomic E-state index is -0.0104. The number of rotatable bonds is 3. The van der Waals surface area contributed by atoms with Crippen LogP contribution in [0.25, 0.3) is 0 Å². The van der Waals surface area contributed by atoms with Crippen LogP contribution in [0.1, 0.15) is 43.6 Å². The normalized spacial score (nSPS) is 11.2. The Morgan fingerprint density at radius 1 is 1.33 bits per heavy atom. The molecule has 0 radical (unpaired) electrons. The molecule has 0 heterocycles. The summed E-state index contributed by atoms with van der Waals surface area (Å²) in [5, 5.41) is 0. The topological polar surface area (TPSA) is 26.3 Å². The lowest BCUT2D eigenvalue weighted by atomic mass is 9.85. The summed E-state index contributed by atoms with van der Waals surface area (Å²) in [4.78, 5) is 10.7. The lowest BCUT2D eigenvalue weighted by Crippen LogP contribution is -2.14. The highest BCUT2D eigenvalue weighted by molar-refractivity contribution is 5.75. The van der Waals surface area contributed by atoms with Gasteiger partial charge in [-0.05, 0) is 30.5 Å². The van der Waals surface area contributed by atoms with E-state index in [0.29, 0.717) is 12.2 Å². The van der Waals surface area contributed by atoms with Crippen LogP contribution in [0.15, 0.2) is 18.2 Å². The van der Waals surface area contributed by atoms with Crippen molar-refractivity contribution in [2.45, 2.75) is 33.1 Å². The third-order valence-corrected chi connectivity index (χ3v) is 2.25. The molecule has 0 atom stereocenters. The number of aldehydes is 1. The third-order valence-electron chi connectivity index (χ3n) is 2.25. The first-order valence-electron chi connectivity index (χ1n) is 5.21. The third kappa shape index (κ3) is 2.82. The van der Waals surface area contributed by atoms with Crippen molar-refractivity contribution in [1.29, 1.82) is 0 Å². The second-order valence-corrected chi connectivity index (χ2v) is 4.56. The summed E-state index contributed by atoms with van der Waals surface area (Å²) >= 11 is 0. The van der Waals surface area contributed by atoms with E-state index in [-0.39, 0.29) is 5.41 Å². The quantitative estimate of drug-likeness (QED) is 0.710. The first kappa shape index (κ1) is 11.8. The molecule has 0 bridgehead atoms. The van der Waals surface area contributed by atoms with Gasteiger partial charge in [-0.2, -0.15) is 0 Å². The predicted molar refractivity (Wildman–Crippen MR) is 61.7 cm³/mol. The van der Waals surface area contributed by atoms with Crippen LogP contribution in [0.4, 0.5) is 0 Å². The minimum absolute atomic E-state index is 0.0104. The molecule has 0 aromatic heterocycles. The van der Waals surface area contributed by atoms with Gasteiger partial charge in [-0.25, -0.2) is 0 Å². The van der Waals surface area contributed by atoms with Crippen molar-refractivity contribution in [3.63, 3.8) is 0 Å². The molecular formula is C13H18O2. The van der Waals surface area contributed by atoms with E-state index in [1.165, 1.54) is 0 Å². The summed E-state index contributed by atoms with van der Waals surface area (Å²) in [5.41, 5.74) is 1.76. The fourth-order valence-electron chi connectivity index (χ4n) is 1.49. The summed E-state index contributed by atoms with van der Waals surface area (Å²) in [6, 6.07) is 5.55. The molecule has 0 saturated carbocycles. The largest absolute Gasteiger partial charge is 0.494 e. The van der Waals surface area contributed by atoms with Crippen LogP contribution in [-0.2, 0) is 5.41 Å². The van der Waals surface area contributed by atoms with Crippen LogP contribution in [0.5, 0.6) is 5.75 Å². The molecule has 0 fully saturated rings. The van der Waals surface area contributed by atoms with Crippen molar-refractivity contribution >= 4 is 6.29 Å². The van der Waals surface area contributed by atoms with Gasteiger partial charge in [-0.3, -0.25) is 4.79 Å². The van der Waals surface area contributed by atoms with Crippen molar-refractivity contribution < 1.29 is 9.53 Å². The molecule has 0 amide bonds. The second kappa shape index (κ2) is 4.47. The molecule has 82 valence electrons. The molecule has 1 aromatic rings. The van der Waals surface area contributed by atoms with Crippen LogP contribution < -0.4 is 4.74 Å². The van der Waals surface area contributed by atoms with Crippen LogP contribution in [0, 0.1) is 0 Å². The molecule has 0 aliphatic rings. The Kier molecular flexibility index (Phi) is 3.51. The van der Waals surface area contributed by atoms with Crippen molar-refractivity contribution in [3.05, 3.63) is 29.3 Å². The Morgan fingerprint density at radius 2 is 2.00 bits per heavy atom. The number of carbonyl (C=O) groups excluding carboxylic acids is 1. The Labute approximate surface area is 91.3 Å². The molecule has 0 aliphatic carbocycles. The number of hydrogen-bond acceptors (Lipinski definition) is 2. The van der Waals surface area contributed by atoms with Gasteiger partial charge in [0.05, 0.1) is 6.61 Å². The van der Waals surface area contributed by atoms with E-state index in [9.17, 15) is 4.79 Å². The maximum atomic E-state index is 10.7. The Balaban J connectivity index is 3.22. The Hall–Kier alpha value is -1.31. The number of ether oxygens (including phenoxy) is 1. The number of benzene rings is 1. The zero-order valence-corrected chi connectivity index (χ0v) is 9.83. The van der Waals surface area contributed by atoms with Crippen LogP contribution in [0.3, 0.4) is 0 Å². The van der Waals surface area contributed by atoms with E-state index < -0.39 is 0 Å². The van der Waals surface area contributed by atoms with Crippen molar-refractivity contribution in [2.75, 3.05) is 6.61 Å². The first-order valence-corrected chi connectivity index (χ1v) is 5.21. The molecule has 0 saturated heterocycles. The van der Waals surface area contributed by atoms with E-state index in [4.69, 9.17) is 4.74 Å². The van der Waals surface area contributed by atoms with Gasteiger partial charge in [0.1, 0.15) is 12.0 Å². The summed E-state index contributed by atoms with van der Waals surface area (Å²) in [7, 11) is 0. The maximum absolute atomic E-state index is 10.7. The van der Waals surface area contributed by atoms with Crippen molar-refractivity contribution in [1.82, 2.24) is 0 Å². The van der Waals surface area contributed by atoms with Crippen LogP contribution in [-0.4, -0.2) is 12.9 Å². The monoisotopic (exact) mass is 206 g/mol.